The summed E-state index contributed by atoms with van der Waals surface area (Å²) in [5.74, 6) is 0.562. The van der Waals surface area contributed by atoms with Crippen LogP contribution in [0, 0.1) is 5.92 Å². The number of benzene rings is 1. The van der Waals surface area contributed by atoms with Crippen molar-refractivity contribution in [2.24, 2.45) is 11.7 Å². The molecule has 0 radical (unpaired) electrons. The second-order valence-corrected chi connectivity index (χ2v) is 4.74. The Labute approximate surface area is 108 Å². The summed E-state index contributed by atoms with van der Waals surface area (Å²) in [6, 6.07) is 6.20. The lowest BCUT2D eigenvalue weighted by Gasteiger charge is -2.14. The molecule has 18 heavy (non-hydrogen) atoms. The molecule has 4 heteroatoms. The number of carbonyl (C=O) groups is 1. The molecule has 1 aromatic rings. The third kappa shape index (κ3) is 4.75. The molecule has 1 aromatic carbocycles. The van der Waals surface area contributed by atoms with Crippen LogP contribution in [0.3, 0.4) is 0 Å². The Morgan fingerprint density at radius 3 is 2.56 bits per heavy atom. The van der Waals surface area contributed by atoms with Crippen LogP contribution in [0.1, 0.15) is 25.8 Å². The van der Waals surface area contributed by atoms with Crippen LogP contribution < -0.4 is 11.1 Å². The zero-order valence-electron chi connectivity index (χ0n) is 11.0. The highest BCUT2D eigenvalue weighted by atomic mass is 16.3. The zero-order valence-corrected chi connectivity index (χ0v) is 11.0. The first kappa shape index (κ1) is 14.5. The first-order chi connectivity index (χ1) is 8.52. The van der Waals surface area contributed by atoms with Crippen molar-refractivity contribution in [3.05, 3.63) is 29.8 Å². The van der Waals surface area contributed by atoms with Gasteiger partial charge in [-0.2, -0.15) is 0 Å². The number of rotatable bonds is 6. The van der Waals surface area contributed by atoms with Crippen molar-refractivity contribution in [1.82, 2.24) is 5.32 Å². The average Bonchev–Trinajstić information content (AvgIpc) is 2.38. The molecule has 1 amide bonds. The highest BCUT2D eigenvalue weighted by Gasteiger charge is 2.14. The number of phenolic OH excluding ortho intramolecular Hbond substituents is 1. The van der Waals surface area contributed by atoms with Gasteiger partial charge in [-0.15, -0.1) is 0 Å². The van der Waals surface area contributed by atoms with Gasteiger partial charge in [0.2, 0.25) is 5.91 Å². The first-order valence-corrected chi connectivity index (χ1v) is 6.34. The first-order valence-electron chi connectivity index (χ1n) is 6.34. The van der Waals surface area contributed by atoms with E-state index in [1.54, 1.807) is 24.3 Å². The number of aromatic hydroxyl groups is 1. The van der Waals surface area contributed by atoms with E-state index < -0.39 is 6.04 Å². The van der Waals surface area contributed by atoms with Gasteiger partial charge in [0.25, 0.3) is 0 Å². The number of carbonyl (C=O) groups excluding carboxylic acids is 1. The highest BCUT2D eigenvalue weighted by molar-refractivity contribution is 5.81. The lowest BCUT2D eigenvalue weighted by atomic mass is 10.1. The molecule has 0 spiro atoms. The second kappa shape index (κ2) is 7.01. The lowest BCUT2D eigenvalue weighted by Crippen LogP contribution is -2.43. The highest BCUT2D eigenvalue weighted by Crippen LogP contribution is 2.10. The number of phenols is 1. The van der Waals surface area contributed by atoms with E-state index in [2.05, 4.69) is 19.2 Å². The fourth-order valence-corrected chi connectivity index (χ4v) is 1.53. The molecule has 0 bridgehead atoms. The third-order valence-corrected chi connectivity index (χ3v) is 3.05. The second-order valence-electron chi connectivity index (χ2n) is 4.74. The van der Waals surface area contributed by atoms with E-state index in [0.717, 1.165) is 12.0 Å². The van der Waals surface area contributed by atoms with Gasteiger partial charge in [-0.3, -0.25) is 4.79 Å². The van der Waals surface area contributed by atoms with Gasteiger partial charge < -0.3 is 16.2 Å². The van der Waals surface area contributed by atoms with Crippen LogP contribution >= 0.6 is 0 Å². The standard InChI is InChI=1S/C14H22N2O2/c1-3-10(2)9-16-14(18)13(15)8-11-4-6-12(17)7-5-11/h4-7,10,13,17H,3,8-9,15H2,1-2H3,(H,16,18)/t10?,13-/m0/s1. The van der Waals surface area contributed by atoms with Gasteiger partial charge >= 0.3 is 0 Å². The molecule has 0 aliphatic rings. The molecule has 0 heterocycles. The SMILES string of the molecule is CCC(C)CNC(=O)[C@@H](N)Cc1ccc(O)cc1. The minimum Gasteiger partial charge on any atom is -0.508 e. The van der Waals surface area contributed by atoms with Crippen LogP contribution in [0.15, 0.2) is 24.3 Å². The fourth-order valence-electron chi connectivity index (χ4n) is 1.53. The Kier molecular flexibility index (Phi) is 5.65. The van der Waals surface area contributed by atoms with E-state index in [-0.39, 0.29) is 11.7 Å². The van der Waals surface area contributed by atoms with Crippen LogP contribution in [0.25, 0.3) is 0 Å². The Morgan fingerprint density at radius 2 is 2.00 bits per heavy atom. The summed E-state index contributed by atoms with van der Waals surface area (Å²) in [5, 5.41) is 12.0. The molecule has 0 aromatic heterocycles. The van der Waals surface area contributed by atoms with Crippen LogP contribution in [0.4, 0.5) is 0 Å². The molecule has 2 atom stereocenters. The Bertz CT molecular complexity index is 376. The summed E-state index contributed by atoms with van der Waals surface area (Å²) in [5.41, 5.74) is 6.78. The zero-order chi connectivity index (χ0) is 13.5. The predicted octanol–water partition coefficient (Wildman–Crippen LogP) is 1.42. The Morgan fingerprint density at radius 1 is 1.39 bits per heavy atom. The summed E-state index contributed by atoms with van der Waals surface area (Å²) in [6.07, 6.45) is 1.51. The molecule has 0 aliphatic heterocycles. The molecule has 0 saturated carbocycles. The van der Waals surface area contributed by atoms with E-state index >= 15 is 0 Å². The van der Waals surface area contributed by atoms with Crippen LogP contribution in [-0.2, 0) is 11.2 Å². The summed E-state index contributed by atoms with van der Waals surface area (Å²) < 4.78 is 0. The van der Waals surface area contributed by atoms with Gasteiger partial charge in [0.15, 0.2) is 0 Å². The van der Waals surface area contributed by atoms with Gasteiger partial charge in [0.05, 0.1) is 6.04 Å². The maximum Gasteiger partial charge on any atom is 0.237 e. The van der Waals surface area contributed by atoms with E-state index in [9.17, 15) is 4.79 Å². The van der Waals surface area contributed by atoms with Crippen molar-refractivity contribution < 1.29 is 9.90 Å². The maximum atomic E-state index is 11.7. The van der Waals surface area contributed by atoms with Crippen molar-refractivity contribution in [1.29, 1.82) is 0 Å². The largest absolute Gasteiger partial charge is 0.508 e. The van der Waals surface area contributed by atoms with Crippen LogP contribution in [0.5, 0.6) is 5.75 Å². The molecule has 4 N–H and O–H groups in total. The van der Waals surface area contributed by atoms with E-state index in [1.807, 2.05) is 0 Å². The molecular weight excluding hydrogens is 228 g/mol. The molecule has 4 nitrogen and oxygen atoms in total. The maximum absolute atomic E-state index is 11.7. The normalized spacial score (nSPS) is 13.9. The lowest BCUT2D eigenvalue weighted by molar-refractivity contribution is -0.122. The molecule has 100 valence electrons. The molecule has 0 aliphatic carbocycles. The summed E-state index contributed by atoms with van der Waals surface area (Å²) in [7, 11) is 0. The quantitative estimate of drug-likeness (QED) is 0.715. The van der Waals surface area contributed by atoms with E-state index in [4.69, 9.17) is 10.8 Å². The van der Waals surface area contributed by atoms with Gasteiger partial charge in [0.1, 0.15) is 5.75 Å². The summed E-state index contributed by atoms with van der Waals surface area (Å²) in [6.45, 7) is 4.84. The summed E-state index contributed by atoms with van der Waals surface area (Å²) >= 11 is 0. The molecule has 0 saturated heterocycles. The molecule has 0 fully saturated rings. The van der Waals surface area contributed by atoms with Crippen LogP contribution in [-0.4, -0.2) is 23.6 Å². The average molecular weight is 250 g/mol. The number of hydrogen-bond donors (Lipinski definition) is 3. The van der Waals surface area contributed by atoms with Gasteiger partial charge in [0, 0.05) is 6.54 Å². The van der Waals surface area contributed by atoms with Crippen molar-refractivity contribution in [2.45, 2.75) is 32.7 Å². The van der Waals surface area contributed by atoms with Crippen LogP contribution in [0.2, 0.25) is 0 Å². The third-order valence-electron chi connectivity index (χ3n) is 3.05. The molecule has 1 rings (SSSR count). The van der Waals surface area contributed by atoms with Crippen molar-refractivity contribution in [3.63, 3.8) is 0 Å². The summed E-state index contributed by atoms with van der Waals surface area (Å²) in [4.78, 5) is 11.7. The van der Waals surface area contributed by atoms with Crippen molar-refractivity contribution >= 4 is 5.91 Å². The van der Waals surface area contributed by atoms with Crippen molar-refractivity contribution in [3.8, 4) is 5.75 Å². The topological polar surface area (TPSA) is 75.4 Å². The van der Waals surface area contributed by atoms with Gasteiger partial charge in [-0.05, 0) is 30.0 Å². The fraction of sp³-hybridized carbons (Fsp3) is 0.500. The smallest absolute Gasteiger partial charge is 0.237 e. The molecular formula is C14H22N2O2. The number of nitrogens with two attached hydrogens (primary N) is 1. The Hall–Kier alpha value is -1.55. The van der Waals surface area contributed by atoms with E-state index in [1.165, 1.54) is 0 Å². The number of hydrogen-bond acceptors (Lipinski definition) is 3. The molecule has 1 unspecified atom stereocenters. The Balaban J connectivity index is 2.42. The van der Waals surface area contributed by atoms with Crippen molar-refractivity contribution in [2.75, 3.05) is 6.54 Å². The monoisotopic (exact) mass is 250 g/mol. The van der Waals surface area contributed by atoms with Gasteiger partial charge in [-0.1, -0.05) is 32.4 Å². The minimum atomic E-state index is -0.543. The van der Waals surface area contributed by atoms with Gasteiger partial charge in [-0.25, -0.2) is 0 Å². The predicted molar refractivity (Wildman–Crippen MR) is 72.3 cm³/mol. The van der Waals surface area contributed by atoms with E-state index in [0.29, 0.717) is 18.9 Å². The number of amides is 1. The minimum absolute atomic E-state index is 0.122. The number of nitrogens with one attached hydrogen (secondary N) is 1.